The number of aromatic amines is 1. The Morgan fingerprint density at radius 2 is 2.00 bits per heavy atom. The molecule has 0 radical (unpaired) electrons. The first kappa shape index (κ1) is 16.3. The van der Waals surface area contributed by atoms with Crippen LogP contribution < -0.4 is 15.9 Å². The largest absolute Gasteiger partial charge is 0.376 e. The van der Waals surface area contributed by atoms with Gasteiger partial charge in [-0.25, -0.2) is 4.79 Å². The van der Waals surface area contributed by atoms with Gasteiger partial charge in [-0.2, -0.15) is 10.5 Å². The van der Waals surface area contributed by atoms with E-state index < -0.39 is 0 Å². The third-order valence-electron chi connectivity index (χ3n) is 3.95. The van der Waals surface area contributed by atoms with Crippen LogP contribution in [0, 0.1) is 11.3 Å². The molecule has 1 aromatic carbocycles. The van der Waals surface area contributed by atoms with Crippen molar-refractivity contribution in [2.45, 2.75) is 0 Å². The summed E-state index contributed by atoms with van der Waals surface area (Å²) < 4.78 is 3.18. The molecule has 0 saturated heterocycles. The Labute approximate surface area is 143 Å². The molecule has 0 aliphatic carbocycles. The number of nitrogens with zero attached hydrogens (tertiary/aromatic N) is 7. The Morgan fingerprint density at radius 3 is 2.56 bits per heavy atom. The molecule has 2 N–H and O–H groups in total. The predicted molar refractivity (Wildman–Crippen MR) is 93.9 cm³/mol. The van der Waals surface area contributed by atoms with Crippen LogP contribution in [0.25, 0.3) is 16.6 Å². The minimum Gasteiger partial charge on any atom is -0.376 e. The van der Waals surface area contributed by atoms with Gasteiger partial charge in [0, 0.05) is 34.4 Å². The number of tetrazole rings is 1. The first-order valence-electron chi connectivity index (χ1n) is 7.41. The quantitative estimate of drug-likeness (QED) is 0.661. The van der Waals surface area contributed by atoms with Crippen molar-refractivity contribution in [2.75, 3.05) is 24.3 Å². The zero-order valence-electron chi connectivity index (χ0n) is 14.3. The maximum Gasteiger partial charge on any atom is 0.328 e. The Hall–Kier alpha value is -3.61. The fraction of sp³-hybridized carbons (Fsp3) is 0.267. The van der Waals surface area contributed by atoms with Crippen molar-refractivity contribution in [3.8, 4) is 6.07 Å². The second-order valence-corrected chi connectivity index (χ2v) is 5.70. The molecule has 0 bridgehead atoms. The van der Waals surface area contributed by atoms with Crippen LogP contribution in [0.4, 0.5) is 11.4 Å². The summed E-state index contributed by atoms with van der Waals surface area (Å²) in [5.74, 6) is 0.203. The summed E-state index contributed by atoms with van der Waals surface area (Å²) in [6.07, 6.45) is 1.51. The molecular weight excluding hydrogens is 322 g/mol. The molecule has 10 nitrogen and oxygen atoms in total. The zero-order valence-corrected chi connectivity index (χ0v) is 14.3. The van der Waals surface area contributed by atoms with E-state index >= 15 is 0 Å². The molecule has 0 aliphatic rings. The third kappa shape index (κ3) is 2.72. The fourth-order valence-corrected chi connectivity index (χ4v) is 2.59. The van der Waals surface area contributed by atoms with Crippen LogP contribution in [0.1, 0.15) is 5.82 Å². The Bertz CT molecular complexity index is 1050. The number of allylic oxidation sites excluding steroid dienone is 1. The first-order chi connectivity index (χ1) is 11.9. The van der Waals surface area contributed by atoms with Crippen LogP contribution >= 0.6 is 0 Å². The molecule has 0 atom stereocenters. The molecule has 3 aromatic rings. The third-order valence-corrected chi connectivity index (χ3v) is 3.95. The van der Waals surface area contributed by atoms with Crippen molar-refractivity contribution in [3.63, 3.8) is 0 Å². The smallest absolute Gasteiger partial charge is 0.328 e. The van der Waals surface area contributed by atoms with Gasteiger partial charge in [0.1, 0.15) is 11.6 Å². The van der Waals surface area contributed by atoms with Crippen LogP contribution in [0.5, 0.6) is 0 Å². The number of aromatic nitrogens is 6. The molecule has 2 aromatic heterocycles. The number of benzene rings is 1. The van der Waals surface area contributed by atoms with E-state index in [0.29, 0.717) is 0 Å². The average Bonchev–Trinajstić information content (AvgIpc) is 3.19. The molecule has 3 rings (SSSR count). The van der Waals surface area contributed by atoms with E-state index in [2.05, 4.69) is 25.9 Å². The van der Waals surface area contributed by atoms with Crippen molar-refractivity contribution in [1.29, 1.82) is 5.26 Å². The highest BCUT2D eigenvalue weighted by atomic mass is 16.1. The van der Waals surface area contributed by atoms with Gasteiger partial charge in [-0.15, -0.1) is 10.2 Å². The maximum absolute atomic E-state index is 12.2. The van der Waals surface area contributed by atoms with Crippen molar-refractivity contribution in [1.82, 2.24) is 29.8 Å². The van der Waals surface area contributed by atoms with E-state index in [1.165, 1.54) is 6.20 Å². The summed E-state index contributed by atoms with van der Waals surface area (Å²) in [6.45, 7) is 0. The van der Waals surface area contributed by atoms with E-state index in [-0.39, 0.29) is 17.1 Å². The number of hydrogen-bond donors (Lipinski definition) is 2. The second kappa shape index (κ2) is 6.12. The van der Waals surface area contributed by atoms with Crippen LogP contribution in [0.3, 0.4) is 0 Å². The maximum atomic E-state index is 12.2. The highest BCUT2D eigenvalue weighted by Crippen LogP contribution is 2.30. The molecule has 0 fully saturated rings. The average molecular weight is 339 g/mol. The number of fused-ring (bicyclic) bond motifs is 1. The number of H-pyrrole nitrogens is 1. The predicted octanol–water partition coefficient (Wildman–Crippen LogP) is 0.433. The minimum absolute atomic E-state index is 0.100. The molecule has 0 saturated carbocycles. The van der Waals surface area contributed by atoms with Gasteiger partial charge >= 0.3 is 5.69 Å². The summed E-state index contributed by atoms with van der Waals surface area (Å²) in [4.78, 5) is 14.1. The van der Waals surface area contributed by atoms with Gasteiger partial charge in [0.15, 0.2) is 0 Å². The van der Waals surface area contributed by atoms with Crippen molar-refractivity contribution in [2.24, 2.45) is 14.1 Å². The summed E-state index contributed by atoms with van der Waals surface area (Å²) in [7, 11) is 7.27. The van der Waals surface area contributed by atoms with Crippen LogP contribution in [-0.2, 0) is 14.1 Å². The minimum atomic E-state index is -0.100. The summed E-state index contributed by atoms with van der Waals surface area (Å²) in [6, 6.07) is 5.82. The van der Waals surface area contributed by atoms with E-state index in [1.54, 1.807) is 23.2 Å². The SMILES string of the molecule is CN(C)c1cc2c(cc1NC=C(C#N)c1nn[nH]n1)n(C)c(=O)n2C. The lowest BCUT2D eigenvalue weighted by Gasteiger charge is -2.18. The van der Waals surface area contributed by atoms with Crippen molar-refractivity contribution in [3.05, 3.63) is 34.6 Å². The number of anilines is 2. The molecule has 2 heterocycles. The van der Waals surface area contributed by atoms with Crippen LogP contribution in [-0.4, -0.2) is 43.9 Å². The molecule has 10 heteroatoms. The van der Waals surface area contributed by atoms with Gasteiger partial charge in [0.2, 0.25) is 5.82 Å². The van der Waals surface area contributed by atoms with Gasteiger partial charge in [-0.05, 0) is 17.3 Å². The highest BCUT2D eigenvalue weighted by Gasteiger charge is 2.14. The van der Waals surface area contributed by atoms with Gasteiger partial charge in [-0.1, -0.05) is 0 Å². The summed E-state index contributed by atoms with van der Waals surface area (Å²) in [5, 5.41) is 25.7. The molecule has 0 aliphatic heterocycles. The van der Waals surface area contributed by atoms with Crippen LogP contribution in [0.15, 0.2) is 23.1 Å². The Morgan fingerprint density at radius 1 is 1.32 bits per heavy atom. The van der Waals surface area contributed by atoms with E-state index in [1.807, 2.05) is 37.2 Å². The lowest BCUT2D eigenvalue weighted by atomic mass is 10.2. The molecule has 0 spiro atoms. The first-order valence-corrected chi connectivity index (χ1v) is 7.41. The lowest BCUT2D eigenvalue weighted by Crippen LogP contribution is -2.19. The fourth-order valence-electron chi connectivity index (χ4n) is 2.59. The number of aryl methyl sites for hydroxylation is 2. The number of imidazole rings is 1. The number of nitriles is 1. The van der Waals surface area contributed by atoms with E-state index in [0.717, 1.165) is 22.4 Å². The number of nitrogens with one attached hydrogen (secondary N) is 2. The number of hydrogen-bond acceptors (Lipinski definition) is 7. The van der Waals surface area contributed by atoms with Crippen molar-refractivity contribution < 1.29 is 0 Å². The molecule has 128 valence electrons. The standard InChI is InChI=1S/C15H17N9O/c1-22(2)11-6-13-12(23(3)15(25)24(13)4)5-10(11)17-8-9(7-16)14-18-20-21-19-14/h5-6,8,17H,1-4H3,(H,18,19,20,21). The van der Waals surface area contributed by atoms with Crippen LogP contribution in [0.2, 0.25) is 0 Å². The van der Waals surface area contributed by atoms with Gasteiger partial charge in [-0.3, -0.25) is 9.13 Å². The van der Waals surface area contributed by atoms with Gasteiger partial charge < -0.3 is 10.2 Å². The van der Waals surface area contributed by atoms with Crippen molar-refractivity contribution >= 4 is 28.0 Å². The summed E-state index contributed by atoms with van der Waals surface area (Å²) in [5.41, 5.74) is 3.36. The molecule has 0 unspecified atom stereocenters. The Kier molecular flexibility index (Phi) is 3.98. The number of rotatable bonds is 4. The lowest BCUT2D eigenvalue weighted by molar-refractivity contribution is 0.795. The highest BCUT2D eigenvalue weighted by molar-refractivity contribution is 5.89. The molecule has 25 heavy (non-hydrogen) atoms. The van der Waals surface area contributed by atoms with Gasteiger partial charge in [0.05, 0.1) is 22.4 Å². The normalized spacial score (nSPS) is 11.6. The molecule has 0 amide bonds. The second-order valence-electron chi connectivity index (χ2n) is 5.70. The zero-order chi connectivity index (χ0) is 18.1. The summed E-state index contributed by atoms with van der Waals surface area (Å²) >= 11 is 0. The van der Waals surface area contributed by atoms with Gasteiger partial charge in [0.25, 0.3) is 0 Å². The Balaban J connectivity index is 2.12. The monoisotopic (exact) mass is 339 g/mol. The van der Waals surface area contributed by atoms with E-state index in [9.17, 15) is 10.1 Å². The van der Waals surface area contributed by atoms with E-state index in [4.69, 9.17) is 0 Å². The molecular formula is C15H17N9O. The topological polar surface area (TPSA) is 120 Å².